The van der Waals surface area contributed by atoms with Crippen molar-refractivity contribution in [2.45, 2.75) is 18.5 Å². The molecule has 0 nitrogen and oxygen atoms in total. The molecule has 0 aliphatic carbocycles. The van der Waals surface area contributed by atoms with Gasteiger partial charge >= 0.3 is 37.4 Å². The number of benzene rings is 1. The average Bonchev–Trinajstić information content (AvgIpc) is 2.12. The largest absolute Gasteiger partial charge is 1.00 e. The van der Waals surface area contributed by atoms with Crippen LogP contribution in [0.25, 0.3) is 0 Å². The molecule has 19 heavy (non-hydrogen) atoms. The summed E-state index contributed by atoms with van der Waals surface area (Å²) in [5.74, 6) is 0. The van der Waals surface area contributed by atoms with Gasteiger partial charge in [-0.2, -0.15) is 57.7 Å². The first kappa shape index (κ1) is 18.2. The Bertz CT molecular complexity index is 408. The van der Waals surface area contributed by atoms with E-state index in [-0.39, 0.29) is 31.0 Å². The van der Waals surface area contributed by atoms with Gasteiger partial charge in [0.2, 0.25) is 0 Å². The van der Waals surface area contributed by atoms with Gasteiger partial charge in [-0.05, 0) is 16.7 Å². The number of halogens is 9. The fourth-order valence-electron chi connectivity index (χ4n) is 1.25. The Morgan fingerprint density at radius 1 is 0.737 bits per heavy atom. The van der Waals surface area contributed by atoms with Crippen LogP contribution in [-0.4, -0.2) is 0 Å². The summed E-state index contributed by atoms with van der Waals surface area (Å²) in [5.41, 5.74) is -7.64. The van der Waals surface area contributed by atoms with Crippen LogP contribution in [0.1, 0.15) is 16.7 Å². The second kappa shape index (κ2) is 5.29. The van der Waals surface area contributed by atoms with E-state index in [1.807, 2.05) is 0 Å². The van der Waals surface area contributed by atoms with E-state index in [0.29, 0.717) is 0 Å². The third kappa shape index (κ3) is 4.08. The van der Waals surface area contributed by atoms with Gasteiger partial charge in [-0.3, -0.25) is 0 Å². The quantitative estimate of drug-likeness (QED) is 0.386. The number of rotatable bonds is 0. The van der Waals surface area contributed by atoms with Crippen molar-refractivity contribution in [2.24, 2.45) is 0 Å². The van der Waals surface area contributed by atoms with E-state index in [9.17, 15) is 39.5 Å². The van der Waals surface area contributed by atoms with Crippen LogP contribution in [0.4, 0.5) is 39.5 Å². The van der Waals surface area contributed by atoms with E-state index in [2.05, 4.69) is 0 Å². The standard InChI is InChI=1S/C9H2F9.Li/c10-7(11,12)4-2-1-3-5(8(13,14)15)6(4)9(16,17)18;/h1-2H;/q-1;+1. The molecule has 0 spiro atoms. The van der Waals surface area contributed by atoms with Gasteiger partial charge < -0.3 is 0 Å². The summed E-state index contributed by atoms with van der Waals surface area (Å²) < 4.78 is 111. The maximum absolute atomic E-state index is 12.3. The zero-order chi connectivity index (χ0) is 14.4. The molecule has 0 radical (unpaired) electrons. The molecule has 0 aliphatic heterocycles. The Morgan fingerprint density at radius 2 is 1.21 bits per heavy atom. The first-order chi connectivity index (χ1) is 7.85. The van der Waals surface area contributed by atoms with E-state index in [4.69, 9.17) is 0 Å². The topological polar surface area (TPSA) is 0 Å². The molecule has 0 heterocycles. The SMILES string of the molecule is FC(F)(F)c1[c-]ccc(C(F)(F)F)c1C(F)(F)F.[Li+]. The predicted molar refractivity (Wildman–Crippen MR) is 40.3 cm³/mol. The summed E-state index contributed by atoms with van der Waals surface area (Å²) in [6.45, 7) is 0. The first-order valence-electron chi connectivity index (χ1n) is 4.11. The molecule has 1 aromatic carbocycles. The molecule has 0 N–H and O–H groups in total. The van der Waals surface area contributed by atoms with Gasteiger partial charge in [0.15, 0.2) is 0 Å². The number of alkyl halides is 9. The Hall–Kier alpha value is -0.813. The van der Waals surface area contributed by atoms with Crippen LogP contribution in [0.2, 0.25) is 0 Å². The zero-order valence-corrected chi connectivity index (χ0v) is 9.06. The molecule has 0 saturated heterocycles. The Balaban J connectivity index is 0.00000324. The summed E-state index contributed by atoms with van der Waals surface area (Å²) in [6.07, 6.45) is -16.9. The molecule has 1 aromatic rings. The van der Waals surface area contributed by atoms with Gasteiger partial charge in [-0.25, -0.2) is 0 Å². The maximum Gasteiger partial charge on any atom is 1.00 e. The Morgan fingerprint density at radius 3 is 1.53 bits per heavy atom. The molecule has 0 aromatic heterocycles. The predicted octanol–water partition coefficient (Wildman–Crippen LogP) is 1.55. The summed E-state index contributed by atoms with van der Waals surface area (Å²) in [7, 11) is 0. The van der Waals surface area contributed by atoms with Crippen molar-refractivity contribution in [1.29, 1.82) is 0 Å². The molecular formula is C9H2F9Li. The molecule has 1 rings (SSSR count). The second-order valence-electron chi connectivity index (χ2n) is 3.13. The van der Waals surface area contributed by atoms with Crippen LogP contribution < -0.4 is 18.9 Å². The minimum atomic E-state index is -5.78. The van der Waals surface area contributed by atoms with Crippen LogP contribution in [0.3, 0.4) is 0 Å². The number of hydrogen-bond donors (Lipinski definition) is 0. The van der Waals surface area contributed by atoms with Gasteiger partial charge in [0.25, 0.3) is 0 Å². The van der Waals surface area contributed by atoms with Gasteiger partial charge in [-0.1, -0.05) is 0 Å². The minimum absolute atomic E-state index is 0. The first-order valence-corrected chi connectivity index (χ1v) is 4.11. The van der Waals surface area contributed by atoms with E-state index in [0.717, 1.165) is 6.07 Å². The Kier molecular flexibility index (Phi) is 5.06. The van der Waals surface area contributed by atoms with Crippen molar-refractivity contribution in [1.82, 2.24) is 0 Å². The van der Waals surface area contributed by atoms with Crippen LogP contribution in [0.5, 0.6) is 0 Å². The van der Waals surface area contributed by atoms with E-state index >= 15 is 0 Å². The monoisotopic (exact) mass is 288 g/mol. The fourth-order valence-corrected chi connectivity index (χ4v) is 1.25. The molecule has 102 valence electrons. The average molecular weight is 288 g/mol. The van der Waals surface area contributed by atoms with Crippen molar-refractivity contribution < 1.29 is 58.4 Å². The maximum atomic E-state index is 12.3. The van der Waals surface area contributed by atoms with Crippen molar-refractivity contribution >= 4 is 0 Å². The van der Waals surface area contributed by atoms with Crippen molar-refractivity contribution in [3.05, 3.63) is 34.9 Å². The zero-order valence-electron chi connectivity index (χ0n) is 9.06. The third-order valence-corrected chi connectivity index (χ3v) is 1.87. The normalized spacial score (nSPS) is 13.1. The van der Waals surface area contributed by atoms with E-state index < -0.39 is 35.2 Å². The van der Waals surface area contributed by atoms with Crippen LogP contribution >= 0.6 is 0 Å². The van der Waals surface area contributed by atoms with Crippen LogP contribution in [0.15, 0.2) is 12.1 Å². The summed E-state index contributed by atoms with van der Waals surface area (Å²) in [6, 6.07) is 1.21. The molecule has 0 bridgehead atoms. The number of hydrogen-bond acceptors (Lipinski definition) is 0. The van der Waals surface area contributed by atoms with E-state index in [1.165, 1.54) is 0 Å². The molecular weight excluding hydrogens is 286 g/mol. The summed E-state index contributed by atoms with van der Waals surface area (Å²) in [4.78, 5) is 0. The van der Waals surface area contributed by atoms with Gasteiger partial charge in [-0.15, -0.1) is 0 Å². The van der Waals surface area contributed by atoms with E-state index in [1.54, 1.807) is 0 Å². The van der Waals surface area contributed by atoms with Crippen molar-refractivity contribution in [3.8, 4) is 0 Å². The molecule has 0 saturated carbocycles. The minimum Gasteiger partial charge on any atom is -0.179 e. The molecule has 0 amide bonds. The van der Waals surface area contributed by atoms with Gasteiger partial charge in [0.05, 0.1) is 0 Å². The molecule has 0 fully saturated rings. The van der Waals surface area contributed by atoms with Gasteiger partial charge in [0, 0.05) is 0 Å². The van der Waals surface area contributed by atoms with Crippen molar-refractivity contribution in [3.63, 3.8) is 0 Å². The molecule has 0 unspecified atom stereocenters. The molecule has 0 atom stereocenters. The van der Waals surface area contributed by atoms with Gasteiger partial charge in [0.1, 0.15) is 0 Å². The third-order valence-electron chi connectivity index (χ3n) is 1.87. The molecule has 10 heteroatoms. The smallest absolute Gasteiger partial charge is 0.179 e. The van der Waals surface area contributed by atoms with Crippen molar-refractivity contribution in [2.75, 3.05) is 0 Å². The van der Waals surface area contributed by atoms with Crippen LogP contribution in [-0.2, 0) is 18.5 Å². The fraction of sp³-hybridized carbons (Fsp3) is 0.333. The van der Waals surface area contributed by atoms with Crippen LogP contribution in [0, 0.1) is 6.07 Å². The summed E-state index contributed by atoms with van der Waals surface area (Å²) in [5, 5.41) is 0. The molecule has 0 aliphatic rings. The second-order valence-corrected chi connectivity index (χ2v) is 3.13. The summed E-state index contributed by atoms with van der Waals surface area (Å²) >= 11 is 0. The Labute approximate surface area is 112 Å².